The van der Waals surface area contributed by atoms with Crippen molar-refractivity contribution in [2.75, 3.05) is 0 Å². The van der Waals surface area contributed by atoms with Gasteiger partial charge >= 0.3 is 6.18 Å². The van der Waals surface area contributed by atoms with Gasteiger partial charge in [-0.1, -0.05) is 31.9 Å². The number of alkyl halides is 3. The summed E-state index contributed by atoms with van der Waals surface area (Å²) >= 11 is 0. The molecule has 0 aliphatic heterocycles. The molecule has 1 aromatic rings. The van der Waals surface area contributed by atoms with Crippen LogP contribution in [0.3, 0.4) is 0 Å². The molecule has 0 unspecified atom stereocenters. The molecule has 0 saturated heterocycles. The summed E-state index contributed by atoms with van der Waals surface area (Å²) < 4.78 is 37.2. The Morgan fingerprint density at radius 3 is 1.94 bits per heavy atom. The Labute approximate surface area is 93.5 Å². The molecule has 0 spiro atoms. The molecule has 0 nitrogen and oxygen atoms in total. The lowest BCUT2D eigenvalue weighted by Crippen LogP contribution is -2.17. The monoisotopic (exact) mass is 228 g/mol. The minimum absolute atomic E-state index is 0.0874. The van der Waals surface area contributed by atoms with Crippen molar-refractivity contribution in [2.45, 2.75) is 44.2 Å². The maximum atomic E-state index is 12.4. The van der Waals surface area contributed by atoms with Crippen LogP contribution in [-0.4, -0.2) is 0 Å². The quantitative estimate of drug-likeness (QED) is 0.662. The fourth-order valence-corrected chi connectivity index (χ4v) is 2.51. The second-order valence-electron chi connectivity index (χ2n) is 4.84. The van der Waals surface area contributed by atoms with E-state index in [0.29, 0.717) is 0 Å². The molecule has 1 saturated carbocycles. The third kappa shape index (κ3) is 2.08. The van der Waals surface area contributed by atoms with Crippen LogP contribution in [0.1, 0.15) is 43.7 Å². The smallest absolute Gasteiger partial charge is 0.166 e. The molecule has 16 heavy (non-hydrogen) atoms. The normalized spacial score (nSPS) is 20.0. The van der Waals surface area contributed by atoms with E-state index < -0.39 is 11.7 Å². The molecule has 0 atom stereocenters. The molecule has 1 aliphatic rings. The third-order valence-electron chi connectivity index (χ3n) is 3.62. The van der Waals surface area contributed by atoms with Crippen molar-refractivity contribution in [3.63, 3.8) is 0 Å². The summed E-state index contributed by atoms with van der Waals surface area (Å²) in [6, 6.07) is 5.65. The van der Waals surface area contributed by atoms with Crippen LogP contribution >= 0.6 is 0 Å². The van der Waals surface area contributed by atoms with E-state index in [0.717, 1.165) is 18.4 Å². The van der Waals surface area contributed by atoms with Crippen molar-refractivity contribution in [1.82, 2.24) is 0 Å². The van der Waals surface area contributed by atoms with Crippen molar-refractivity contribution in [2.24, 2.45) is 0 Å². The highest BCUT2D eigenvalue weighted by atomic mass is 19.4. The molecule has 0 bridgehead atoms. The molecule has 0 aromatic heterocycles. The van der Waals surface area contributed by atoms with E-state index in [-0.39, 0.29) is 5.41 Å². The van der Waals surface area contributed by atoms with Crippen LogP contribution in [0, 0.1) is 0 Å². The fourth-order valence-electron chi connectivity index (χ4n) is 2.51. The van der Waals surface area contributed by atoms with E-state index in [1.807, 2.05) is 0 Å². The van der Waals surface area contributed by atoms with E-state index in [1.165, 1.54) is 25.0 Å². The second-order valence-corrected chi connectivity index (χ2v) is 4.84. The van der Waals surface area contributed by atoms with Crippen LogP contribution in [0.4, 0.5) is 13.2 Å². The fraction of sp³-hybridized carbons (Fsp3) is 0.538. The van der Waals surface area contributed by atoms with Crippen LogP contribution in [0.25, 0.3) is 0 Å². The van der Waals surface area contributed by atoms with Crippen molar-refractivity contribution in [3.8, 4) is 0 Å². The van der Waals surface area contributed by atoms with Gasteiger partial charge < -0.3 is 0 Å². The molecule has 3 heteroatoms. The Bertz CT molecular complexity index is 356. The van der Waals surface area contributed by atoms with Gasteiger partial charge in [-0.15, -0.1) is 0 Å². The second kappa shape index (κ2) is 3.79. The molecule has 0 heterocycles. The first-order valence-electron chi connectivity index (χ1n) is 5.60. The van der Waals surface area contributed by atoms with E-state index in [4.69, 9.17) is 0 Å². The van der Waals surface area contributed by atoms with Crippen LogP contribution < -0.4 is 0 Å². The molecular formula is C13H15F3. The van der Waals surface area contributed by atoms with Gasteiger partial charge in [-0.3, -0.25) is 0 Å². The van der Waals surface area contributed by atoms with Gasteiger partial charge in [0.15, 0.2) is 0 Å². The molecule has 2 rings (SSSR count). The molecule has 0 N–H and O–H groups in total. The SMILES string of the molecule is CC1(c2ccc(C(F)(F)F)cc2)CCCC1. The highest BCUT2D eigenvalue weighted by Crippen LogP contribution is 2.41. The van der Waals surface area contributed by atoms with Crippen molar-refractivity contribution in [3.05, 3.63) is 35.4 Å². The zero-order valence-electron chi connectivity index (χ0n) is 9.27. The number of hydrogen-bond donors (Lipinski definition) is 0. The molecule has 0 radical (unpaired) electrons. The summed E-state index contributed by atoms with van der Waals surface area (Å²) in [5, 5.41) is 0. The predicted molar refractivity (Wildman–Crippen MR) is 57.3 cm³/mol. The molecule has 88 valence electrons. The van der Waals surface area contributed by atoms with Gasteiger partial charge in [-0.2, -0.15) is 13.2 Å². The van der Waals surface area contributed by atoms with Crippen LogP contribution in [0.5, 0.6) is 0 Å². The Morgan fingerprint density at radius 1 is 1.00 bits per heavy atom. The highest BCUT2D eigenvalue weighted by molar-refractivity contribution is 5.30. The molecule has 1 aliphatic carbocycles. The molecule has 1 aromatic carbocycles. The van der Waals surface area contributed by atoms with E-state index in [2.05, 4.69) is 6.92 Å². The average Bonchev–Trinajstić information content (AvgIpc) is 2.66. The van der Waals surface area contributed by atoms with Crippen molar-refractivity contribution >= 4 is 0 Å². The zero-order valence-corrected chi connectivity index (χ0v) is 9.27. The number of benzene rings is 1. The van der Waals surface area contributed by atoms with Crippen LogP contribution in [-0.2, 0) is 11.6 Å². The first-order valence-corrected chi connectivity index (χ1v) is 5.60. The van der Waals surface area contributed by atoms with Gasteiger partial charge in [0.05, 0.1) is 5.56 Å². The Hall–Kier alpha value is -0.990. The minimum atomic E-state index is -4.23. The summed E-state index contributed by atoms with van der Waals surface area (Å²) in [7, 11) is 0. The summed E-state index contributed by atoms with van der Waals surface area (Å²) in [5.41, 5.74) is 0.570. The largest absolute Gasteiger partial charge is 0.416 e. The predicted octanol–water partition coefficient (Wildman–Crippen LogP) is 4.54. The van der Waals surface area contributed by atoms with Gasteiger partial charge in [0.1, 0.15) is 0 Å². The minimum Gasteiger partial charge on any atom is -0.166 e. The topological polar surface area (TPSA) is 0 Å². The van der Waals surface area contributed by atoms with Crippen molar-refractivity contribution < 1.29 is 13.2 Å². The maximum absolute atomic E-state index is 12.4. The van der Waals surface area contributed by atoms with E-state index >= 15 is 0 Å². The van der Waals surface area contributed by atoms with Gasteiger partial charge in [0, 0.05) is 0 Å². The van der Waals surface area contributed by atoms with Gasteiger partial charge in [0.2, 0.25) is 0 Å². The Morgan fingerprint density at radius 2 is 1.50 bits per heavy atom. The van der Waals surface area contributed by atoms with Crippen LogP contribution in [0.2, 0.25) is 0 Å². The lowest BCUT2D eigenvalue weighted by molar-refractivity contribution is -0.137. The number of halogens is 3. The average molecular weight is 228 g/mol. The summed E-state index contributed by atoms with van der Waals surface area (Å²) in [5.74, 6) is 0. The lowest BCUT2D eigenvalue weighted by atomic mass is 9.81. The maximum Gasteiger partial charge on any atom is 0.416 e. The standard InChI is InChI=1S/C13H15F3/c1-12(8-2-3-9-12)10-4-6-11(7-5-10)13(14,15)16/h4-7H,2-3,8-9H2,1H3. The van der Waals surface area contributed by atoms with Crippen LogP contribution in [0.15, 0.2) is 24.3 Å². The third-order valence-corrected chi connectivity index (χ3v) is 3.62. The van der Waals surface area contributed by atoms with Gasteiger partial charge in [-0.25, -0.2) is 0 Å². The number of hydrogen-bond acceptors (Lipinski definition) is 0. The van der Waals surface area contributed by atoms with E-state index in [1.54, 1.807) is 12.1 Å². The van der Waals surface area contributed by atoms with E-state index in [9.17, 15) is 13.2 Å². The van der Waals surface area contributed by atoms with Crippen molar-refractivity contribution in [1.29, 1.82) is 0 Å². The summed E-state index contributed by atoms with van der Waals surface area (Å²) in [6.07, 6.45) is 0.293. The Kier molecular flexibility index (Phi) is 2.72. The molecule has 1 fully saturated rings. The molecule has 0 amide bonds. The highest BCUT2D eigenvalue weighted by Gasteiger charge is 2.33. The number of rotatable bonds is 1. The summed E-state index contributed by atoms with van der Waals surface area (Å²) in [4.78, 5) is 0. The molecular weight excluding hydrogens is 213 g/mol. The zero-order chi connectivity index (χ0) is 11.8. The first-order chi connectivity index (χ1) is 7.42. The lowest BCUT2D eigenvalue weighted by Gasteiger charge is -2.24. The summed E-state index contributed by atoms with van der Waals surface area (Å²) in [6.45, 7) is 2.14. The van der Waals surface area contributed by atoms with Gasteiger partial charge in [0.25, 0.3) is 0 Å². The van der Waals surface area contributed by atoms with Gasteiger partial charge in [-0.05, 0) is 36.0 Å². The Balaban J connectivity index is 2.26. The first kappa shape index (κ1) is 11.5.